The number of aryl methyl sites for hydroxylation is 3. The van der Waals surface area contributed by atoms with Crippen molar-refractivity contribution in [1.29, 1.82) is 0 Å². The quantitative estimate of drug-likeness (QED) is 0.800. The maximum atomic E-state index is 12.9. The molecule has 1 aliphatic carbocycles. The standard InChI is InChI=1S/C22H25ClN2O2/c1-14-10-15(2)20(16(3)11-14)25-19(26)13-24-21(27)22(8-5-9-22)17-6-4-7-18(23)12-17/h4,6-7,10-12H,5,8-9,13H2,1-3H3,(H,24,27)(H,25,26). The van der Waals surface area contributed by atoms with Crippen molar-refractivity contribution in [3.8, 4) is 0 Å². The van der Waals surface area contributed by atoms with Gasteiger partial charge in [0.15, 0.2) is 0 Å². The van der Waals surface area contributed by atoms with Crippen LogP contribution in [0.1, 0.15) is 41.5 Å². The van der Waals surface area contributed by atoms with Crippen LogP contribution in [-0.2, 0) is 15.0 Å². The smallest absolute Gasteiger partial charge is 0.243 e. The molecule has 0 atom stereocenters. The van der Waals surface area contributed by atoms with Crippen molar-refractivity contribution in [2.45, 2.75) is 45.4 Å². The summed E-state index contributed by atoms with van der Waals surface area (Å²) in [6.45, 7) is 5.92. The van der Waals surface area contributed by atoms with Crippen LogP contribution in [0, 0.1) is 20.8 Å². The van der Waals surface area contributed by atoms with Crippen molar-refractivity contribution >= 4 is 29.1 Å². The molecule has 142 valence electrons. The van der Waals surface area contributed by atoms with Gasteiger partial charge in [0.05, 0.1) is 12.0 Å². The van der Waals surface area contributed by atoms with E-state index >= 15 is 0 Å². The van der Waals surface area contributed by atoms with Gasteiger partial charge in [-0.3, -0.25) is 9.59 Å². The summed E-state index contributed by atoms with van der Waals surface area (Å²) in [7, 11) is 0. The summed E-state index contributed by atoms with van der Waals surface area (Å²) >= 11 is 6.10. The molecule has 0 spiro atoms. The molecule has 0 radical (unpaired) electrons. The van der Waals surface area contributed by atoms with Gasteiger partial charge in [-0.2, -0.15) is 0 Å². The number of carbonyl (C=O) groups excluding carboxylic acids is 2. The van der Waals surface area contributed by atoms with E-state index in [1.165, 1.54) is 0 Å². The highest BCUT2D eigenvalue weighted by Gasteiger charge is 2.45. The van der Waals surface area contributed by atoms with E-state index in [4.69, 9.17) is 11.6 Å². The highest BCUT2D eigenvalue weighted by atomic mass is 35.5. The molecule has 2 N–H and O–H groups in total. The molecular weight excluding hydrogens is 360 g/mol. The Labute approximate surface area is 165 Å². The Morgan fingerprint density at radius 1 is 1.07 bits per heavy atom. The Morgan fingerprint density at radius 2 is 1.74 bits per heavy atom. The Kier molecular flexibility index (Phi) is 5.56. The Hall–Kier alpha value is -2.33. The van der Waals surface area contributed by atoms with Crippen LogP contribution >= 0.6 is 11.6 Å². The number of rotatable bonds is 5. The van der Waals surface area contributed by atoms with Crippen molar-refractivity contribution in [1.82, 2.24) is 5.32 Å². The molecule has 2 aromatic rings. The summed E-state index contributed by atoms with van der Waals surface area (Å²) in [5, 5.41) is 6.36. The summed E-state index contributed by atoms with van der Waals surface area (Å²) in [6, 6.07) is 11.5. The lowest BCUT2D eigenvalue weighted by Gasteiger charge is -2.40. The van der Waals surface area contributed by atoms with Gasteiger partial charge < -0.3 is 10.6 Å². The fourth-order valence-electron chi connectivity index (χ4n) is 3.85. The summed E-state index contributed by atoms with van der Waals surface area (Å²) in [4.78, 5) is 25.2. The third-order valence-electron chi connectivity index (χ3n) is 5.37. The van der Waals surface area contributed by atoms with E-state index in [0.717, 1.165) is 47.2 Å². The first-order valence-electron chi connectivity index (χ1n) is 9.24. The summed E-state index contributed by atoms with van der Waals surface area (Å²) in [5.74, 6) is -0.331. The molecule has 1 saturated carbocycles. The van der Waals surface area contributed by atoms with Crippen molar-refractivity contribution in [2.24, 2.45) is 0 Å². The molecule has 0 aromatic heterocycles. The lowest BCUT2D eigenvalue weighted by atomic mass is 9.64. The molecule has 0 heterocycles. The predicted octanol–water partition coefficient (Wildman–Crippen LogP) is 4.44. The number of hydrogen-bond acceptors (Lipinski definition) is 2. The summed E-state index contributed by atoms with van der Waals surface area (Å²) < 4.78 is 0. The molecule has 0 saturated heterocycles. The van der Waals surface area contributed by atoms with Gasteiger partial charge in [0.25, 0.3) is 0 Å². The minimum atomic E-state index is -0.569. The zero-order valence-corrected chi connectivity index (χ0v) is 16.7. The first-order valence-corrected chi connectivity index (χ1v) is 9.62. The SMILES string of the molecule is Cc1cc(C)c(NC(=O)CNC(=O)C2(c3cccc(Cl)c3)CCC2)c(C)c1. The van der Waals surface area contributed by atoms with Gasteiger partial charge in [-0.25, -0.2) is 0 Å². The molecule has 27 heavy (non-hydrogen) atoms. The molecule has 2 aromatic carbocycles. The van der Waals surface area contributed by atoms with Crippen LogP contribution in [0.25, 0.3) is 0 Å². The fourth-order valence-corrected chi connectivity index (χ4v) is 4.04. The number of halogens is 1. The Balaban J connectivity index is 1.66. The number of hydrogen-bond donors (Lipinski definition) is 2. The Bertz CT molecular complexity index is 865. The van der Waals surface area contributed by atoms with Crippen LogP contribution in [0.2, 0.25) is 5.02 Å². The van der Waals surface area contributed by atoms with Gasteiger partial charge >= 0.3 is 0 Å². The van der Waals surface area contributed by atoms with Crippen LogP contribution in [0.3, 0.4) is 0 Å². The second-order valence-corrected chi connectivity index (χ2v) is 7.89. The lowest BCUT2D eigenvalue weighted by molar-refractivity contribution is -0.131. The van der Waals surface area contributed by atoms with Gasteiger partial charge in [-0.15, -0.1) is 0 Å². The number of nitrogens with one attached hydrogen (secondary N) is 2. The average molecular weight is 385 g/mol. The third-order valence-corrected chi connectivity index (χ3v) is 5.61. The van der Waals surface area contributed by atoms with E-state index in [1.807, 2.05) is 51.1 Å². The summed E-state index contributed by atoms with van der Waals surface area (Å²) in [6.07, 6.45) is 2.54. The molecule has 0 unspecified atom stereocenters. The minimum Gasteiger partial charge on any atom is -0.346 e. The van der Waals surface area contributed by atoms with Crippen LogP contribution in [0.15, 0.2) is 36.4 Å². The molecule has 1 aliphatic rings. The first kappa shape index (κ1) is 19.4. The van der Waals surface area contributed by atoms with Crippen molar-refractivity contribution in [2.75, 3.05) is 11.9 Å². The van der Waals surface area contributed by atoms with Crippen LogP contribution < -0.4 is 10.6 Å². The van der Waals surface area contributed by atoms with E-state index < -0.39 is 5.41 Å². The minimum absolute atomic E-state index is 0.0477. The third kappa shape index (κ3) is 4.01. The number of carbonyl (C=O) groups is 2. The second-order valence-electron chi connectivity index (χ2n) is 7.45. The molecule has 0 aliphatic heterocycles. The molecule has 2 amide bonds. The van der Waals surface area contributed by atoms with Crippen LogP contribution in [0.5, 0.6) is 0 Å². The Morgan fingerprint density at radius 3 is 2.30 bits per heavy atom. The van der Waals surface area contributed by atoms with Crippen molar-refractivity contribution in [3.63, 3.8) is 0 Å². The average Bonchev–Trinajstić information content (AvgIpc) is 2.55. The number of anilines is 1. The number of amides is 2. The van der Waals surface area contributed by atoms with Crippen LogP contribution in [0.4, 0.5) is 5.69 Å². The van der Waals surface area contributed by atoms with E-state index in [0.29, 0.717) is 5.02 Å². The number of benzene rings is 2. The molecule has 0 bridgehead atoms. The lowest BCUT2D eigenvalue weighted by Crippen LogP contribution is -2.50. The largest absolute Gasteiger partial charge is 0.346 e. The van der Waals surface area contributed by atoms with Gasteiger partial charge in [-0.05, 0) is 62.4 Å². The highest BCUT2D eigenvalue weighted by molar-refractivity contribution is 6.30. The van der Waals surface area contributed by atoms with E-state index in [-0.39, 0.29) is 18.4 Å². The van der Waals surface area contributed by atoms with E-state index in [1.54, 1.807) is 6.07 Å². The molecule has 5 heteroatoms. The van der Waals surface area contributed by atoms with Crippen molar-refractivity contribution in [3.05, 3.63) is 63.7 Å². The zero-order valence-electron chi connectivity index (χ0n) is 16.0. The van der Waals surface area contributed by atoms with E-state index in [9.17, 15) is 9.59 Å². The topological polar surface area (TPSA) is 58.2 Å². The van der Waals surface area contributed by atoms with Gasteiger partial charge in [0, 0.05) is 10.7 Å². The fraction of sp³-hybridized carbons (Fsp3) is 0.364. The maximum Gasteiger partial charge on any atom is 0.243 e. The summed E-state index contributed by atoms with van der Waals surface area (Å²) in [5.41, 5.74) is 4.35. The predicted molar refractivity (Wildman–Crippen MR) is 109 cm³/mol. The maximum absolute atomic E-state index is 12.9. The van der Waals surface area contributed by atoms with Gasteiger partial charge in [0.2, 0.25) is 11.8 Å². The zero-order chi connectivity index (χ0) is 19.6. The van der Waals surface area contributed by atoms with Crippen LogP contribution in [-0.4, -0.2) is 18.4 Å². The van der Waals surface area contributed by atoms with E-state index in [2.05, 4.69) is 10.6 Å². The first-order chi connectivity index (χ1) is 12.8. The normalized spacial score (nSPS) is 15.0. The van der Waals surface area contributed by atoms with Gasteiger partial charge in [-0.1, -0.05) is 47.9 Å². The molecular formula is C22H25ClN2O2. The van der Waals surface area contributed by atoms with Crippen molar-refractivity contribution < 1.29 is 9.59 Å². The van der Waals surface area contributed by atoms with Gasteiger partial charge in [0.1, 0.15) is 0 Å². The molecule has 4 nitrogen and oxygen atoms in total. The monoisotopic (exact) mass is 384 g/mol. The molecule has 3 rings (SSSR count). The molecule has 1 fully saturated rings. The second kappa shape index (κ2) is 7.73. The highest BCUT2D eigenvalue weighted by Crippen LogP contribution is 2.44.